The summed E-state index contributed by atoms with van der Waals surface area (Å²) in [5.41, 5.74) is 0. The first-order chi connectivity index (χ1) is 9.66. The number of hydrogen-bond donors (Lipinski definition) is 0. The normalized spacial score (nSPS) is 15.7. The number of piperazine rings is 1. The third-order valence-corrected chi connectivity index (χ3v) is 4.29. The summed E-state index contributed by atoms with van der Waals surface area (Å²) in [7, 11) is 3.57. The van der Waals surface area contributed by atoms with Crippen LogP contribution in [0, 0.1) is 0 Å². The first-order valence-electron chi connectivity index (χ1n) is 6.56. The number of urea groups is 1. The summed E-state index contributed by atoms with van der Waals surface area (Å²) in [6.45, 7) is 3.07. The Hall–Kier alpha value is -1.89. The minimum atomic E-state index is 0.0769. The van der Waals surface area contributed by atoms with Gasteiger partial charge in [0.15, 0.2) is 0 Å². The number of rotatable bonds is 1. The molecule has 0 aromatic carbocycles. The SMILES string of the molecule is CN(C)C(=O)N1CCN(c2ncnc3sccc23)CC1. The molecule has 0 bridgehead atoms. The molecule has 1 fully saturated rings. The smallest absolute Gasteiger partial charge is 0.319 e. The van der Waals surface area contributed by atoms with Crippen molar-refractivity contribution < 1.29 is 4.79 Å². The van der Waals surface area contributed by atoms with Gasteiger partial charge in [-0.25, -0.2) is 14.8 Å². The highest BCUT2D eigenvalue weighted by Gasteiger charge is 2.23. The van der Waals surface area contributed by atoms with E-state index in [1.54, 1.807) is 36.7 Å². The highest BCUT2D eigenvalue weighted by Crippen LogP contribution is 2.27. The Morgan fingerprint density at radius 2 is 2.00 bits per heavy atom. The number of carbonyl (C=O) groups is 1. The molecular weight excluding hydrogens is 274 g/mol. The molecule has 1 aliphatic rings. The molecule has 0 aliphatic carbocycles. The van der Waals surface area contributed by atoms with E-state index in [1.807, 2.05) is 10.3 Å². The molecule has 0 N–H and O–H groups in total. The number of anilines is 1. The Kier molecular flexibility index (Phi) is 3.43. The predicted molar refractivity (Wildman–Crippen MR) is 80.3 cm³/mol. The highest BCUT2D eigenvalue weighted by atomic mass is 32.1. The van der Waals surface area contributed by atoms with Crippen LogP contribution in [0.25, 0.3) is 10.2 Å². The molecule has 2 amide bonds. The first kappa shape index (κ1) is 13.1. The average Bonchev–Trinajstić information content (AvgIpc) is 2.95. The van der Waals surface area contributed by atoms with Gasteiger partial charge in [0.1, 0.15) is 17.0 Å². The Bertz CT molecular complexity index is 618. The van der Waals surface area contributed by atoms with Crippen LogP contribution >= 0.6 is 11.3 Å². The van der Waals surface area contributed by atoms with E-state index in [1.165, 1.54) is 0 Å². The van der Waals surface area contributed by atoms with Crippen molar-refractivity contribution in [3.05, 3.63) is 17.8 Å². The molecule has 0 unspecified atom stereocenters. The third-order valence-electron chi connectivity index (χ3n) is 3.47. The Balaban J connectivity index is 1.75. The molecule has 1 saturated heterocycles. The van der Waals surface area contributed by atoms with Crippen LogP contribution in [-0.4, -0.2) is 66.1 Å². The van der Waals surface area contributed by atoms with Gasteiger partial charge < -0.3 is 14.7 Å². The average molecular weight is 291 g/mol. The zero-order chi connectivity index (χ0) is 14.1. The number of aromatic nitrogens is 2. The van der Waals surface area contributed by atoms with Crippen LogP contribution in [0.5, 0.6) is 0 Å². The maximum atomic E-state index is 11.9. The van der Waals surface area contributed by atoms with Gasteiger partial charge in [-0.2, -0.15) is 0 Å². The van der Waals surface area contributed by atoms with Gasteiger partial charge in [0, 0.05) is 40.3 Å². The molecule has 0 saturated carbocycles. The van der Waals surface area contributed by atoms with Crippen molar-refractivity contribution in [3.63, 3.8) is 0 Å². The Morgan fingerprint density at radius 1 is 1.25 bits per heavy atom. The molecule has 106 valence electrons. The molecule has 1 aliphatic heterocycles. The predicted octanol–water partition coefficient (Wildman–Crippen LogP) is 1.49. The van der Waals surface area contributed by atoms with E-state index in [9.17, 15) is 4.79 Å². The van der Waals surface area contributed by atoms with Gasteiger partial charge in [-0.05, 0) is 11.4 Å². The minimum Gasteiger partial charge on any atom is -0.352 e. The van der Waals surface area contributed by atoms with Crippen molar-refractivity contribution in [3.8, 4) is 0 Å². The van der Waals surface area contributed by atoms with Crippen LogP contribution in [0.4, 0.5) is 10.6 Å². The highest BCUT2D eigenvalue weighted by molar-refractivity contribution is 7.16. The van der Waals surface area contributed by atoms with Gasteiger partial charge >= 0.3 is 6.03 Å². The summed E-state index contributed by atoms with van der Waals surface area (Å²) in [6.07, 6.45) is 1.62. The van der Waals surface area contributed by atoms with Crippen molar-refractivity contribution >= 4 is 33.4 Å². The lowest BCUT2D eigenvalue weighted by atomic mass is 10.3. The van der Waals surface area contributed by atoms with E-state index in [2.05, 4.69) is 20.9 Å². The fraction of sp³-hybridized carbons (Fsp3) is 0.462. The lowest BCUT2D eigenvalue weighted by molar-refractivity contribution is 0.168. The summed E-state index contributed by atoms with van der Waals surface area (Å²) < 4.78 is 0. The maximum absolute atomic E-state index is 11.9. The molecule has 7 heteroatoms. The fourth-order valence-corrected chi connectivity index (χ4v) is 3.15. The molecule has 6 nitrogen and oxygen atoms in total. The van der Waals surface area contributed by atoms with Crippen LogP contribution in [-0.2, 0) is 0 Å². The van der Waals surface area contributed by atoms with Crippen LogP contribution < -0.4 is 4.90 Å². The number of nitrogens with zero attached hydrogens (tertiary/aromatic N) is 5. The van der Waals surface area contributed by atoms with Gasteiger partial charge in [-0.15, -0.1) is 11.3 Å². The van der Waals surface area contributed by atoms with Gasteiger partial charge in [-0.1, -0.05) is 0 Å². The van der Waals surface area contributed by atoms with E-state index in [0.717, 1.165) is 42.2 Å². The summed E-state index contributed by atoms with van der Waals surface area (Å²) >= 11 is 1.63. The Morgan fingerprint density at radius 3 is 2.70 bits per heavy atom. The molecule has 0 atom stereocenters. The summed E-state index contributed by atoms with van der Waals surface area (Å²) in [5, 5.41) is 3.14. The van der Waals surface area contributed by atoms with E-state index in [4.69, 9.17) is 0 Å². The van der Waals surface area contributed by atoms with E-state index in [-0.39, 0.29) is 6.03 Å². The molecule has 0 spiro atoms. The molecule has 2 aromatic rings. The molecule has 2 aromatic heterocycles. The molecule has 0 radical (unpaired) electrons. The van der Waals surface area contributed by atoms with Gasteiger partial charge in [0.2, 0.25) is 0 Å². The van der Waals surface area contributed by atoms with Crippen LogP contribution in [0.15, 0.2) is 17.8 Å². The fourth-order valence-electron chi connectivity index (χ4n) is 2.42. The zero-order valence-corrected chi connectivity index (χ0v) is 12.4. The molecule has 3 heterocycles. The molecular formula is C13H17N5OS. The topological polar surface area (TPSA) is 52.6 Å². The van der Waals surface area contributed by atoms with Crippen LogP contribution in [0.2, 0.25) is 0 Å². The summed E-state index contributed by atoms with van der Waals surface area (Å²) in [5.74, 6) is 0.980. The van der Waals surface area contributed by atoms with Crippen molar-refractivity contribution in [1.29, 1.82) is 0 Å². The second kappa shape index (κ2) is 5.24. The van der Waals surface area contributed by atoms with Crippen molar-refractivity contribution in [2.45, 2.75) is 0 Å². The van der Waals surface area contributed by atoms with E-state index in [0.29, 0.717) is 0 Å². The van der Waals surface area contributed by atoms with E-state index < -0.39 is 0 Å². The number of amides is 2. The van der Waals surface area contributed by atoms with Crippen molar-refractivity contribution in [1.82, 2.24) is 19.8 Å². The second-order valence-electron chi connectivity index (χ2n) is 4.99. The number of carbonyl (C=O) groups excluding carboxylic acids is 1. The quantitative estimate of drug-likeness (QED) is 0.799. The lowest BCUT2D eigenvalue weighted by Gasteiger charge is -2.36. The Labute approximate surface area is 121 Å². The number of hydrogen-bond acceptors (Lipinski definition) is 5. The molecule has 20 heavy (non-hydrogen) atoms. The first-order valence-corrected chi connectivity index (χ1v) is 7.44. The summed E-state index contributed by atoms with van der Waals surface area (Å²) in [4.78, 5) is 27.4. The zero-order valence-electron chi connectivity index (χ0n) is 11.6. The molecule has 3 rings (SSSR count). The lowest BCUT2D eigenvalue weighted by Crippen LogP contribution is -2.51. The van der Waals surface area contributed by atoms with Crippen LogP contribution in [0.3, 0.4) is 0 Å². The van der Waals surface area contributed by atoms with Crippen molar-refractivity contribution in [2.24, 2.45) is 0 Å². The number of fused-ring (bicyclic) bond motifs is 1. The number of thiophene rings is 1. The second-order valence-corrected chi connectivity index (χ2v) is 5.88. The largest absolute Gasteiger partial charge is 0.352 e. The van der Waals surface area contributed by atoms with Gasteiger partial charge in [0.25, 0.3) is 0 Å². The maximum Gasteiger partial charge on any atom is 0.319 e. The standard InChI is InChI=1S/C13H17N5OS/c1-16(2)13(19)18-6-4-17(5-7-18)11-10-3-8-20-12(10)15-9-14-11/h3,8-9H,4-7H2,1-2H3. The van der Waals surface area contributed by atoms with Gasteiger partial charge in [0.05, 0.1) is 5.39 Å². The van der Waals surface area contributed by atoms with E-state index >= 15 is 0 Å². The minimum absolute atomic E-state index is 0.0769. The van der Waals surface area contributed by atoms with Crippen LogP contribution in [0.1, 0.15) is 0 Å². The van der Waals surface area contributed by atoms with Crippen molar-refractivity contribution in [2.75, 3.05) is 45.2 Å². The van der Waals surface area contributed by atoms with Gasteiger partial charge in [-0.3, -0.25) is 0 Å². The summed E-state index contributed by atoms with van der Waals surface area (Å²) in [6, 6.07) is 2.14. The monoisotopic (exact) mass is 291 g/mol. The third kappa shape index (κ3) is 2.29.